The molecule has 4 nitrogen and oxygen atoms in total. The molecule has 0 bridgehead atoms. The number of imidazole rings is 1. The largest absolute Gasteiger partial charge is 0.290 e. The summed E-state index contributed by atoms with van der Waals surface area (Å²) in [6.45, 7) is 0. The van der Waals surface area contributed by atoms with Crippen molar-refractivity contribution in [1.82, 2.24) is 19.5 Å². The molecule has 0 atom stereocenters. The van der Waals surface area contributed by atoms with Gasteiger partial charge in [0.05, 0.1) is 5.52 Å². The standard InChI is InChI=1S/C11H8N4/c1-2-4-10-9(3-1)11(14-7-13-10)15-6-5-12-8-15/h1-8H. The number of aromatic nitrogens is 4. The first-order valence-corrected chi connectivity index (χ1v) is 4.63. The van der Waals surface area contributed by atoms with Gasteiger partial charge in [0.2, 0.25) is 0 Å². The van der Waals surface area contributed by atoms with Crippen LogP contribution in [0.25, 0.3) is 16.7 Å². The molecule has 0 aliphatic rings. The van der Waals surface area contributed by atoms with Crippen LogP contribution in [-0.2, 0) is 0 Å². The lowest BCUT2D eigenvalue weighted by molar-refractivity contribution is 0.993. The molecule has 15 heavy (non-hydrogen) atoms. The van der Waals surface area contributed by atoms with Crippen LogP contribution in [0.15, 0.2) is 49.3 Å². The zero-order chi connectivity index (χ0) is 10.1. The van der Waals surface area contributed by atoms with Gasteiger partial charge in [-0.05, 0) is 12.1 Å². The van der Waals surface area contributed by atoms with E-state index in [0.717, 1.165) is 16.7 Å². The molecular formula is C11H8N4. The highest BCUT2D eigenvalue weighted by Gasteiger charge is 2.03. The number of nitrogens with zero attached hydrogens (tertiary/aromatic N) is 4. The molecule has 2 aromatic heterocycles. The Hall–Kier alpha value is -2.23. The number of fused-ring (bicyclic) bond motifs is 1. The SMILES string of the molecule is c1ccc2c(-n3ccnc3)ncnc2c1. The number of hydrogen-bond donors (Lipinski definition) is 0. The first kappa shape index (κ1) is 8.11. The van der Waals surface area contributed by atoms with E-state index >= 15 is 0 Å². The zero-order valence-corrected chi connectivity index (χ0v) is 7.91. The average molecular weight is 196 g/mol. The Morgan fingerprint density at radius 3 is 2.87 bits per heavy atom. The van der Waals surface area contributed by atoms with Gasteiger partial charge in [-0.3, -0.25) is 4.57 Å². The van der Waals surface area contributed by atoms with Crippen LogP contribution in [-0.4, -0.2) is 19.5 Å². The third kappa shape index (κ3) is 1.27. The van der Waals surface area contributed by atoms with Crippen LogP contribution in [0.1, 0.15) is 0 Å². The fraction of sp³-hybridized carbons (Fsp3) is 0. The third-order valence-electron chi connectivity index (χ3n) is 2.27. The van der Waals surface area contributed by atoms with Gasteiger partial charge in [0, 0.05) is 17.8 Å². The average Bonchev–Trinajstić information content (AvgIpc) is 2.82. The maximum absolute atomic E-state index is 4.26. The molecule has 72 valence electrons. The van der Waals surface area contributed by atoms with Gasteiger partial charge in [-0.15, -0.1) is 0 Å². The van der Waals surface area contributed by atoms with Crippen molar-refractivity contribution < 1.29 is 0 Å². The highest BCUT2D eigenvalue weighted by atomic mass is 15.1. The minimum atomic E-state index is 0.859. The van der Waals surface area contributed by atoms with Crippen LogP contribution >= 0.6 is 0 Å². The van der Waals surface area contributed by atoms with Crippen LogP contribution in [0, 0.1) is 0 Å². The fourth-order valence-corrected chi connectivity index (χ4v) is 1.58. The predicted octanol–water partition coefficient (Wildman–Crippen LogP) is 1.82. The van der Waals surface area contributed by atoms with Crippen molar-refractivity contribution in [3.8, 4) is 5.82 Å². The second-order valence-corrected chi connectivity index (χ2v) is 3.18. The van der Waals surface area contributed by atoms with E-state index in [-0.39, 0.29) is 0 Å². The Bertz CT molecular complexity index is 581. The molecule has 1 aromatic carbocycles. The van der Waals surface area contributed by atoms with E-state index in [1.54, 1.807) is 18.9 Å². The Kier molecular flexibility index (Phi) is 1.71. The lowest BCUT2D eigenvalue weighted by atomic mass is 10.2. The molecule has 3 aromatic rings. The summed E-state index contributed by atoms with van der Waals surface area (Å²) in [4.78, 5) is 12.5. The lowest BCUT2D eigenvalue weighted by Gasteiger charge is -2.04. The van der Waals surface area contributed by atoms with Crippen molar-refractivity contribution in [3.05, 3.63) is 49.3 Å². The summed E-state index contributed by atoms with van der Waals surface area (Å²) in [6, 6.07) is 7.92. The number of para-hydroxylation sites is 1. The summed E-state index contributed by atoms with van der Waals surface area (Å²) in [7, 11) is 0. The fourth-order valence-electron chi connectivity index (χ4n) is 1.58. The molecule has 0 aliphatic carbocycles. The van der Waals surface area contributed by atoms with Gasteiger partial charge in [0.25, 0.3) is 0 Å². The third-order valence-corrected chi connectivity index (χ3v) is 2.27. The van der Waals surface area contributed by atoms with Gasteiger partial charge in [0.1, 0.15) is 18.5 Å². The van der Waals surface area contributed by atoms with Gasteiger partial charge in [-0.25, -0.2) is 15.0 Å². The Morgan fingerprint density at radius 2 is 2.00 bits per heavy atom. The number of rotatable bonds is 1. The molecule has 0 N–H and O–H groups in total. The summed E-state index contributed by atoms with van der Waals surface area (Å²) in [5, 5.41) is 1.03. The van der Waals surface area contributed by atoms with Crippen molar-refractivity contribution in [2.45, 2.75) is 0 Å². The van der Waals surface area contributed by atoms with Crippen LogP contribution < -0.4 is 0 Å². The second-order valence-electron chi connectivity index (χ2n) is 3.18. The van der Waals surface area contributed by atoms with Crippen LogP contribution in [0.2, 0.25) is 0 Å². The smallest absolute Gasteiger partial charge is 0.149 e. The van der Waals surface area contributed by atoms with Gasteiger partial charge in [-0.1, -0.05) is 12.1 Å². The molecule has 3 rings (SSSR count). The molecule has 4 heteroatoms. The molecule has 0 saturated heterocycles. The maximum Gasteiger partial charge on any atom is 0.149 e. The van der Waals surface area contributed by atoms with E-state index in [4.69, 9.17) is 0 Å². The summed E-state index contributed by atoms with van der Waals surface area (Å²) >= 11 is 0. The van der Waals surface area contributed by atoms with Crippen molar-refractivity contribution in [1.29, 1.82) is 0 Å². The van der Waals surface area contributed by atoms with Crippen molar-refractivity contribution in [2.75, 3.05) is 0 Å². The molecule has 0 amide bonds. The minimum absolute atomic E-state index is 0.859. The lowest BCUT2D eigenvalue weighted by Crippen LogP contribution is -1.96. The normalized spacial score (nSPS) is 10.7. The molecule has 0 radical (unpaired) electrons. The van der Waals surface area contributed by atoms with E-state index < -0.39 is 0 Å². The van der Waals surface area contributed by atoms with Crippen molar-refractivity contribution >= 4 is 10.9 Å². The number of hydrogen-bond acceptors (Lipinski definition) is 3. The Balaban J connectivity index is 2.36. The van der Waals surface area contributed by atoms with Gasteiger partial charge in [-0.2, -0.15) is 0 Å². The van der Waals surface area contributed by atoms with E-state index in [0.29, 0.717) is 0 Å². The second kappa shape index (κ2) is 3.16. The highest BCUT2D eigenvalue weighted by molar-refractivity contribution is 5.84. The zero-order valence-electron chi connectivity index (χ0n) is 7.91. The first-order chi connectivity index (χ1) is 7.45. The van der Waals surface area contributed by atoms with Crippen LogP contribution in [0.3, 0.4) is 0 Å². The summed E-state index contributed by atoms with van der Waals surface area (Å²) in [6.07, 6.45) is 6.90. The highest BCUT2D eigenvalue weighted by Crippen LogP contribution is 2.16. The van der Waals surface area contributed by atoms with Crippen molar-refractivity contribution in [3.63, 3.8) is 0 Å². The summed E-state index contributed by atoms with van der Waals surface area (Å²) in [5.74, 6) is 0.859. The van der Waals surface area contributed by atoms with E-state index in [9.17, 15) is 0 Å². The topological polar surface area (TPSA) is 43.6 Å². The van der Waals surface area contributed by atoms with Crippen molar-refractivity contribution in [2.24, 2.45) is 0 Å². The molecular weight excluding hydrogens is 188 g/mol. The van der Waals surface area contributed by atoms with Crippen LogP contribution in [0.4, 0.5) is 0 Å². The summed E-state index contributed by atoms with van der Waals surface area (Å²) in [5.41, 5.74) is 0.941. The van der Waals surface area contributed by atoms with E-state index in [1.165, 1.54) is 0 Å². The molecule has 0 spiro atoms. The van der Waals surface area contributed by atoms with Gasteiger partial charge >= 0.3 is 0 Å². The van der Waals surface area contributed by atoms with E-state index in [2.05, 4.69) is 15.0 Å². The monoisotopic (exact) mass is 196 g/mol. The van der Waals surface area contributed by atoms with Gasteiger partial charge in [0.15, 0.2) is 0 Å². The van der Waals surface area contributed by atoms with Crippen LogP contribution in [0.5, 0.6) is 0 Å². The minimum Gasteiger partial charge on any atom is -0.290 e. The molecule has 0 unspecified atom stereocenters. The molecule has 0 aliphatic heterocycles. The Morgan fingerprint density at radius 1 is 1.07 bits per heavy atom. The Labute approximate surface area is 86.2 Å². The van der Waals surface area contributed by atoms with E-state index in [1.807, 2.05) is 35.0 Å². The maximum atomic E-state index is 4.26. The van der Waals surface area contributed by atoms with Gasteiger partial charge < -0.3 is 0 Å². The first-order valence-electron chi connectivity index (χ1n) is 4.63. The molecule has 2 heterocycles. The predicted molar refractivity (Wildman–Crippen MR) is 56.7 cm³/mol. The molecule has 0 fully saturated rings. The summed E-state index contributed by atoms with van der Waals surface area (Å²) < 4.78 is 1.88. The molecule has 0 saturated carbocycles. The number of benzene rings is 1. The quantitative estimate of drug-likeness (QED) is 0.596.